The van der Waals surface area contributed by atoms with E-state index < -0.39 is 6.09 Å². The molecular weight excluding hydrogens is 530 g/mol. The molecule has 42 heavy (non-hydrogen) atoms. The summed E-state index contributed by atoms with van der Waals surface area (Å²) in [6.07, 6.45) is 7.23. The van der Waals surface area contributed by atoms with Gasteiger partial charge in [-0.1, -0.05) is 37.3 Å². The monoisotopic (exact) mass is 563 g/mol. The van der Waals surface area contributed by atoms with E-state index in [1.165, 1.54) is 11.9 Å². The first-order valence-electron chi connectivity index (χ1n) is 14.3. The maximum absolute atomic E-state index is 12.8. The van der Waals surface area contributed by atoms with Gasteiger partial charge in [0, 0.05) is 42.7 Å². The summed E-state index contributed by atoms with van der Waals surface area (Å²) in [5.74, 6) is 0.643. The van der Waals surface area contributed by atoms with Crippen molar-refractivity contribution >= 4 is 39.7 Å². The number of hydrogen-bond donors (Lipinski definition) is 2. The highest BCUT2D eigenvalue weighted by Gasteiger charge is 2.23. The van der Waals surface area contributed by atoms with Crippen LogP contribution in [0.3, 0.4) is 0 Å². The number of nitrogens with zero attached hydrogens (tertiary/aromatic N) is 7. The van der Waals surface area contributed by atoms with Gasteiger partial charge in [0.25, 0.3) is 0 Å². The summed E-state index contributed by atoms with van der Waals surface area (Å²) in [7, 11) is 0. The smallest absolute Gasteiger partial charge is 0.411 e. The SMILES string of the molecule is CCc1c(NC(=O)OC2CCN(CCC#N)CC2)cn2ncnc(Nc3ccc4c(cnn4Cc4ccccc4)c3)c12. The Morgan fingerprint density at radius 2 is 1.98 bits per heavy atom. The molecule has 2 aromatic carbocycles. The van der Waals surface area contributed by atoms with Gasteiger partial charge in [-0.15, -0.1) is 0 Å². The molecule has 6 rings (SSSR count). The third-order valence-corrected chi connectivity index (χ3v) is 7.70. The Balaban J connectivity index is 1.16. The fourth-order valence-electron chi connectivity index (χ4n) is 5.56. The molecule has 1 saturated heterocycles. The van der Waals surface area contributed by atoms with Crippen molar-refractivity contribution in [2.24, 2.45) is 0 Å². The minimum Gasteiger partial charge on any atom is -0.446 e. The molecular formula is C31H33N9O2. The molecule has 214 valence electrons. The molecule has 4 heterocycles. The number of amides is 1. The van der Waals surface area contributed by atoms with Crippen LogP contribution in [-0.2, 0) is 17.7 Å². The topological polar surface area (TPSA) is 125 Å². The summed E-state index contributed by atoms with van der Waals surface area (Å²) in [4.78, 5) is 19.6. The van der Waals surface area contributed by atoms with E-state index in [-0.39, 0.29) is 6.10 Å². The Morgan fingerprint density at radius 3 is 2.76 bits per heavy atom. The number of fused-ring (bicyclic) bond motifs is 2. The fourth-order valence-corrected chi connectivity index (χ4v) is 5.56. The molecule has 0 bridgehead atoms. The van der Waals surface area contributed by atoms with Crippen molar-refractivity contribution in [3.63, 3.8) is 0 Å². The van der Waals surface area contributed by atoms with E-state index in [1.807, 2.05) is 42.1 Å². The molecule has 1 fully saturated rings. The van der Waals surface area contributed by atoms with Gasteiger partial charge in [0.2, 0.25) is 0 Å². The van der Waals surface area contributed by atoms with E-state index in [0.717, 1.165) is 60.1 Å². The van der Waals surface area contributed by atoms with E-state index >= 15 is 0 Å². The Labute approximate surface area is 243 Å². The highest BCUT2D eigenvalue weighted by Crippen LogP contribution is 2.31. The Kier molecular flexibility index (Phi) is 7.96. The summed E-state index contributed by atoms with van der Waals surface area (Å²) in [6, 6.07) is 18.6. The van der Waals surface area contributed by atoms with Crippen LogP contribution in [0.1, 0.15) is 37.3 Å². The van der Waals surface area contributed by atoms with Crippen LogP contribution in [0.4, 0.5) is 22.0 Å². The normalized spacial score (nSPS) is 14.2. The zero-order valence-electron chi connectivity index (χ0n) is 23.5. The van der Waals surface area contributed by atoms with Gasteiger partial charge in [-0.3, -0.25) is 10.00 Å². The molecule has 2 N–H and O–H groups in total. The number of likely N-dealkylation sites (tertiary alicyclic amines) is 1. The zero-order chi connectivity index (χ0) is 28.9. The summed E-state index contributed by atoms with van der Waals surface area (Å²) in [5, 5.41) is 25.2. The number of benzene rings is 2. The number of nitrogens with one attached hydrogen (secondary N) is 2. The number of piperidine rings is 1. The number of nitriles is 1. The van der Waals surface area contributed by atoms with E-state index in [0.29, 0.717) is 30.9 Å². The van der Waals surface area contributed by atoms with Gasteiger partial charge in [0.15, 0.2) is 5.82 Å². The molecule has 1 aliphatic rings. The summed E-state index contributed by atoms with van der Waals surface area (Å²) >= 11 is 0. The first kappa shape index (κ1) is 27.2. The highest BCUT2D eigenvalue weighted by atomic mass is 16.6. The van der Waals surface area contributed by atoms with Gasteiger partial charge < -0.3 is 15.0 Å². The number of hydrogen-bond acceptors (Lipinski definition) is 8. The minimum atomic E-state index is -0.475. The minimum absolute atomic E-state index is 0.144. The molecule has 0 aliphatic carbocycles. The fraction of sp³-hybridized carbons (Fsp3) is 0.323. The number of carbonyl (C=O) groups excluding carboxylic acids is 1. The van der Waals surface area contributed by atoms with Crippen LogP contribution in [-0.4, -0.2) is 61.1 Å². The maximum Gasteiger partial charge on any atom is 0.411 e. The molecule has 0 radical (unpaired) electrons. The van der Waals surface area contributed by atoms with Crippen molar-refractivity contribution < 1.29 is 9.53 Å². The largest absolute Gasteiger partial charge is 0.446 e. The van der Waals surface area contributed by atoms with Crippen LogP contribution >= 0.6 is 0 Å². The molecule has 0 spiro atoms. The second-order valence-corrected chi connectivity index (χ2v) is 10.4. The average molecular weight is 564 g/mol. The lowest BCUT2D eigenvalue weighted by atomic mass is 10.1. The van der Waals surface area contributed by atoms with Crippen LogP contribution in [0.5, 0.6) is 0 Å². The van der Waals surface area contributed by atoms with E-state index in [2.05, 4.69) is 61.0 Å². The summed E-state index contributed by atoms with van der Waals surface area (Å²) < 4.78 is 9.46. The van der Waals surface area contributed by atoms with Gasteiger partial charge in [0.1, 0.15) is 17.9 Å². The lowest BCUT2D eigenvalue weighted by molar-refractivity contribution is 0.0596. The summed E-state index contributed by atoms with van der Waals surface area (Å²) in [6.45, 7) is 5.14. The average Bonchev–Trinajstić information content (AvgIpc) is 3.57. The molecule has 0 atom stereocenters. The van der Waals surface area contributed by atoms with Crippen molar-refractivity contribution in [2.45, 2.75) is 45.3 Å². The number of aryl methyl sites for hydroxylation is 1. The lowest BCUT2D eigenvalue weighted by Crippen LogP contribution is -2.38. The second kappa shape index (κ2) is 12.3. The van der Waals surface area contributed by atoms with Gasteiger partial charge in [-0.05, 0) is 43.0 Å². The van der Waals surface area contributed by atoms with Gasteiger partial charge in [0.05, 0.1) is 36.2 Å². The van der Waals surface area contributed by atoms with Crippen LogP contribution < -0.4 is 10.6 Å². The van der Waals surface area contributed by atoms with Crippen molar-refractivity contribution in [3.8, 4) is 6.07 Å². The van der Waals surface area contributed by atoms with Crippen LogP contribution in [0.2, 0.25) is 0 Å². The van der Waals surface area contributed by atoms with Crippen molar-refractivity contribution in [2.75, 3.05) is 30.3 Å². The van der Waals surface area contributed by atoms with Gasteiger partial charge in [-0.2, -0.15) is 15.5 Å². The number of anilines is 3. The first-order chi connectivity index (χ1) is 20.6. The zero-order valence-corrected chi connectivity index (χ0v) is 23.5. The summed E-state index contributed by atoms with van der Waals surface area (Å²) in [5.41, 5.74) is 5.47. The first-order valence-corrected chi connectivity index (χ1v) is 14.3. The van der Waals surface area contributed by atoms with Crippen molar-refractivity contribution in [1.29, 1.82) is 5.26 Å². The molecule has 11 nitrogen and oxygen atoms in total. The predicted octanol–water partition coefficient (Wildman–Crippen LogP) is 5.36. The highest BCUT2D eigenvalue weighted by molar-refractivity contribution is 5.91. The van der Waals surface area contributed by atoms with E-state index in [1.54, 1.807) is 10.7 Å². The number of ether oxygens (including phenoxy) is 1. The van der Waals surface area contributed by atoms with Crippen LogP contribution in [0, 0.1) is 11.3 Å². The molecule has 1 aliphatic heterocycles. The van der Waals surface area contributed by atoms with Gasteiger partial charge in [-0.25, -0.2) is 14.3 Å². The number of carbonyl (C=O) groups is 1. The molecule has 0 saturated carbocycles. The number of rotatable bonds is 9. The van der Waals surface area contributed by atoms with Gasteiger partial charge >= 0.3 is 6.09 Å². The Hall–Kier alpha value is -4.95. The molecule has 5 aromatic rings. The standard InChI is InChI=1S/C31H33N9O2/c1-2-26-27(37-31(41)42-25-11-15-38(16-12-25)14-6-13-32)20-40-29(26)30(33-21-35-40)36-24-9-10-28-23(17-24)18-34-39(28)19-22-7-4-3-5-8-22/h3-5,7-10,17-18,20-21,25H,2,6,11-12,14-16,19H2,1H3,(H,37,41)(H,33,35,36). The number of aromatic nitrogens is 5. The molecule has 1 amide bonds. The Bertz CT molecular complexity index is 1730. The third kappa shape index (κ3) is 5.89. The van der Waals surface area contributed by atoms with Crippen molar-refractivity contribution in [1.82, 2.24) is 29.3 Å². The molecule has 0 unspecified atom stereocenters. The predicted molar refractivity (Wildman–Crippen MR) is 161 cm³/mol. The third-order valence-electron chi connectivity index (χ3n) is 7.70. The Morgan fingerprint density at radius 1 is 1.14 bits per heavy atom. The maximum atomic E-state index is 12.8. The second-order valence-electron chi connectivity index (χ2n) is 10.4. The quantitative estimate of drug-likeness (QED) is 0.246. The van der Waals surface area contributed by atoms with Crippen LogP contribution in [0.15, 0.2) is 67.3 Å². The van der Waals surface area contributed by atoms with E-state index in [9.17, 15) is 4.79 Å². The van der Waals surface area contributed by atoms with Crippen molar-refractivity contribution in [3.05, 3.63) is 78.4 Å². The van der Waals surface area contributed by atoms with Crippen LogP contribution in [0.25, 0.3) is 16.4 Å². The molecule has 11 heteroatoms. The molecule has 3 aromatic heterocycles. The lowest BCUT2D eigenvalue weighted by Gasteiger charge is -2.30. The van der Waals surface area contributed by atoms with E-state index in [4.69, 9.17) is 10.00 Å².